The van der Waals surface area contributed by atoms with Gasteiger partial charge in [0.1, 0.15) is 5.69 Å². The summed E-state index contributed by atoms with van der Waals surface area (Å²) in [5, 5.41) is 13.6. The highest BCUT2D eigenvalue weighted by Crippen LogP contribution is 2.22. The number of hydrogen-bond donors (Lipinski definition) is 1. The fourth-order valence-electron chi connectivity index (χ4n) is 1.68. The number of hydrogen-bond acceptors (Lipinski definition) is 4. The monoisotopic (exact) mass is 256 g/mol. The molecule has 0 saturated carbocycles. The number of carbonyl (C=O) groups excluding carboxylic acids is 1. The van der Waals surface area contributed by atoms with Crippen molar-refractivity contribution in [2.24, 2.45) is 0 Å². The van der Waals surface area contributed by atoms with Gasteiger partial charge in [-0.25, -0.2) is 0 Å². The number of nitro groups is 1. The highest BCUT2D eigenvalue weighted by Gasteiger charge is 2.13. The van der Waals surface area contributed by atoms with Crippen LogP contribution in [-0.4, -0.2) is 17.3 Å². The van der Waals surface area contributed by atoms with Gasteiger partial charge in [-0.05, 0) is 6.07 Å². The van der Waals surface area contributed by atoms with Gasteiger partial charge in [0.05, 0.1) is 11.5 Å². The standard InChI is InChI=1S/C14H12N2O3/c17-14(11-6-2-1-3-7-11)10-15-12-8-4-5-9-13(12)16(18)19/h1-9,15H,10H2. The summed E-state index contributed by atoms with van der Waals surface area (Å²) in [5.41, 5.74) is 0.883. The van der Waals surface area contributed by atoms with Gasteiger partial charge in [0.2, 0.25) is 0 Å². The maximum Gasteiger partial charge on any atom is 0.292 e. The lowest BCUT2D eigenvalue weighted by molar-refractivity contribution is -0.383. The van der Waals surface area contributed by atoms with Crippen LogP contribution in [0.1, 0.15) is 10.4 Å². The zero-order chi connectivity index (χ0) is 13.7. The molecule has 2 aromatic rings. The molecule has 0 aromatic heterocycles. The Bertz CT molecular complexity index is 597. The Morgan fingerprint density at radius 2 is 1.68 bits per heavy atom. The first-order chi connectivity index (χ1) is 9.18. The molecule has 0 saturated heterocycles. The van der Waals surface area contributed by atoms with E-state index in [9.17, 15) is 14.9 Å². The molecule has 0 aliphatic rings. The Morgan fingerprint density at radius 3 is 2.37 bits per heavy atom. The number of para-hydroxylation sites is 2. The van der Waals surface area contributed by atoms with Gasteiger partial charge in [0, 0.05) is 11.6 Å². The third kappa shape index (κ3) is 3.16. The van der Waals surface area contributed by atoms with Crippen LogP contribution in [0.25, 0.3) is 0 Å². The maximum absolute atomic E-state index is 11.9. The maximum atomic E-state index is 11.9. The normalized spacial score (nSPS) is 9.89. The van der Waals surface area contributed by atoms with Gasteiger partial charge in [-0.15, -0.1) is 0 Å². The van der Waals surface area contributed by atoms with E-state index in [1.165, 1.54) is 6.07 Å². The summed E-state index contributed by atoms with van der Waals surface area (Å²) in [4.78, 5) is 22.2. The number of benzene rings is 2. The number of nitro benzene ring substituents is 1. The Morgan fingerprint density at radius 1 is 1.05 bits per heavy atom. The number of carbonyl (C=O) groups is 1. The van der Waals surface area contributed by atoms with Crippen molar-refractivity contribution in [2.45, 2.75) is 0 Å². The van der Waals surface area contributed by atoms with Crippen molar-refractivity contribution in [2.75, 3.05) is 11.9 Å². The van der Waals surface area contributed by atoms with Crippen molar-refractivity contribution in [3.05, 3.63) is 70.3 Å². The minimum atomic E-state index is -0.477. The topological polar surface area (TPSA) is 72.2 Å². The van der Waals surface area contributed by atoms with E-state index in [0.717, 1.165) is 0 Å². The molecule has 0 aliphatic heterocycles. The fraction of sp³-hybridized carbons (Fsp3) is 0.0714. The molecule has 1 N–H and O–H groups in total. The largest absolute Gasteiger partial charge is 0.372 e. The van der Waals surface area contributed by atoms with Gasteiger partial charge in [-0.2, -0.15) is 0 Å². The minimum absolute atomic E-state index is 0.0227. The van der Waals surface area contributed by atoms with Crippen LogP contribution in [0.5, 0.6) is 0 Å². The van der Waals surface area contributed by atoms with Gasteiger partial charge >= 0.3 is 0 Å². The van der Waals surface area contributed by atoms with Crippen LogP contribution < -0.4 is 5.32 Å². The molecule has 0 spiro atoms. The van der Waals surface area contributed by atoms with E-state index in [-0.39, 0.29) is 18.0 Å². The Kier molecular flexibility index (Phi) is 3.87. The first-order valence-corrected chi connectivity index (χ1v) is 5.74. The molecule has 0 heterocycles. The number of rotatable bonds is 5. The lowest BCUT2D eigenvalue weighted by Crippen LogP contribution is -2.14. The zero-order valence-corrected chi connectivity index (χ0v) is 10.1. The van der Waals surface area contributed by atoms with E-state index in [1.54, 1.807) is 42.5 Å². The van der Waals surface area contributed by atoms with Crippen LogP contribution in [0.3, 0.4) is 0 Å². The molecule has 2 aromatic carbocycles. The van der Waals surface area contributed by atoms with Crippen molar-refractivity contribution >= 4 is 17.2 Å². The highest BCUT2D eigenvalue weighted by molar-refractivity contribution is 5.99. The molecule has 0 bridgehead atoms. The molecule has 0 amide bonds. The van der Waals surface area contributed by atoms with Crippen LogP contribution >= 0.6 is 0 Å². The van der Waals surface area contributed by atoms with E-state index >= 15 is 0 Å². The second-order valence-corrected chi connectivity index (χ2v) is 3.92. The van der Waals surface area contributed by atoms with E-state index < -0.39 is 4.92 Å². The first-order valence-electron chi connectivity index (χ1n) is 5.74. The lowest BCUT2D eigenvalue weighted by Gasteiger charge is -2.06. The summed E-state index contributed by atoms with van der Waals surface area (Å²) < 4.78 is 0. The van der Waals surface area contributed by atoms with Crippen molar-refractivity contribution in [1.82, 2.24) is 0 Å². The summed E-state index contributed by atoms with van der Waals surface area (Å²) in [5.74, 6) is -0.112. The number of nitrogens with zero attached hydrogens (tertiary/aromatic N) is 1. The van der Waals surface area contributed by atoms with Crippen molar-refractivity contribution in [1.29, 1.82) is 0 Å². The molecule has 5 nitrogen and oxygen atoms in total. The summed E-state index contributed by atoms with van der Waals surface area (Å²) in [6.07, 6.45) is 0. The number of ketones is 1. The van der Waals surface area contributed by atoms with E-state index in [0.29, 0.717) is 11.3 Å². The number of Topliss-reactive ketones (excluding diaryl/α,β-unsaturated/α-hetero) is 1. The average Bonchev–Trinajstić information content (AvgIpc) is 2.46. The van der Waals surface area contributed by atoms with Crippen LogP contribution in [0.2, 0.25) is 0 Å². The Balaban J connectivity index is 2.07. The van der Waals surface area contributed by atoms with E-state index in [4.69, 9.17) is 0 Å². The van der Waals surface area contributed by atoms with Gasteiger partial charge < -0.3 is 5.32 Å². The molecular formula is C14H12N2O3. The SMILES string of the molecule is O=C(CNc1ccccc1[N+](=O)[O-])c1ccccc1. The predicted molar refractivity (Wildman–Crippen MR) is 72.4 cm³/mol. The van der Waals surface area contributed by atoms with Crippen LogP contribution in [0.15, 0.2) is 54.6 Å². The molecule has 96 valence electrons. The van der Waals surface area contributed by atoms with Crippen molar-refractivity contribution < 1.29 is 9.72 Å². The van der Waals surface area contributed by atoms with Crippen LogP contribution in [0.4, 0.5) is 11.4 Å². The smallest absolute Gasteiger partial charge is 0.292 e. The van der Waals surface area contributed by atoms with Crippen molar-refractivity contribution in [3.8, 4) is 0 Å². The molecule has 5 heteroatoms. The molecule has 0 aliphatic carbocycles. The molecule has 2 rings (SSSR count). The summed E-state index contributed by atoms with van der Waals surface area (Å²) >= 11 is 0. The zero-order valence-electron chi connectivity index (χ0n) is 10.1. The first kappa shape index (κ1) is 12.8. The Labute approximate surface area is 110 Å². The minimum Gasteiger partial charge on any atom is -0.372 e. The quantitative estimate of drug-likeness (QED) is 0.507. The number of nitrogens with one attached hydrogen (secondary N) is 1. The van der Waals surface area contributed by atoms with E-state index in [2.05, 4.69) is 5.32 Å². The molecule has 0 fully saturated rings. The molecule has 0 unspecified atom stereocenters. The fourth-order valence-corrected chi connectivity index (χ4v) is 1.68. The second kappa shape index (κ2) is 5.77. The van der Waals surface area contributed by atoms with Gasteiger partial charge in [0.25, 0.3) is 5.69 Å². The average molecular weight is 256 g/mol. The van der Waals surface area contributed by atoms with Crippen LogP contribution in [-0.2, 0) is 0 Å². The van der Waals surface area contributed by atoms with E-state index in [1.807, 2.05) is 6.07 Å². The Hall–Kier alpha value is -2.69. The summed E-state index contributed by atoms with van der Waals surface area (Å²) in [6.45, 7) is 0.0227. The summed E-state index contributed by atoms with van der Waals surface area (Å²) in [6, 6.07) is 15.0. The number of anilines is 1. The van der Waals surface area contributed by atoms with Gasteiger partial charge in [0.15, 0.2) is 5.78 Å². The highest BCUT2D eigenvalue weighted by atomic mass is 16.6. The lowest BCUT2D eigenvalue weighted by atomic mass is 10.1. The van der Waals surface area contributed by atoms with Gasteiger partial charge in [-0.3, -0.25) is 14.9 Å². The molecule has 0 atom stereocenters. The third-order valence-electron chi connectivity index (χ3n) is 2.64. The van der Waals surface area contributed by atoms with Crippen LogP contribution in [0, 0.1) is 10.1 Å². The van der Waals surface area contributed by atoms with Gasteiger partial charge in [-0.1, -0.05) is 42.5 Å². The third-order valence-corrected chi connectivity index (χ3v) is 2.64. The molecule has 19 heavy (non-hydrogen) atoms. The summed E-state index contributed by atoms with van der Waals surface area (Å²) in [7, 11) is 0. The second-order valence-electron chi connectivity index (χ2n) is 3.92. The van der Waals surface area contributed by atoms with Crippen molar-refractivity contribution in [3.63, 3.8) is 0 Å². The molecular weight excluding hydrogens is 244 g/mol. The predicted octanol–water partition coefficient (Wildman–Crippen LogP) is 2.89. The molecule has 0 radical (unpaired) electrons.